The molecule has 1 aliphatic heterocycles. The van der Waals surface area contributed by atoms with Crippen LogP contribution in [0, 0.1) is 0 Å². The van der Waals surface area contributed by atoms with Crippen molar-refractivity contribution in [2.45, 2.75) is 38.3 Å². The number of carbonyl (C=O) groups is 2. The maximum atomic E-state index is 11.9. The third-order valence-electron chi connectivity index (χ3n) is 3.25. The first-order valence-electron chi connectivity index (χ1n) is 6.76. The Hall–Kier alpha value is -2.46. The molecule has 4 atom stereocenters. The monoisotopic (exact) mass is 328 g/mol. The summed E-state index contributed by atoms with van der Waals surface area (Å²) in [5, 5.41) is 9.38. The fourth-order valence-electron chi connectivity index (χ4n) is 2.41. The number of aromatic amines is 2. The number of hydrogen-bond donors (Lipinski definition) is 3. The largest absolute Gasteiger partial charge is 0.456 e. The molecule has 0 saturated carbocycles. The van der Waals surface area contributed by atoms with Gasteiger partial charge in [0.15, 0.2) is 12.2 Å². The standard InChI is InChI=1S/C13H16N2O8/c1-5(17)21-10-8(4-16)23-9(11(10)22-6(2)18)7-3-14-13(20)15-12(7)19/h3,8-11,16H,4H2,1-2H3,(H2,14,15,19,20)/t8-,9+,10-,11+/m1/s1. The van der Waals surface area contributed by atoms with Crippen LogP contribution in [0.1, 0.15) is 25.5 Å². The molecule has 1 saturated heterocycles. The summed E-state index contributed by atoms with van der Waals surface area (Å²) in [4.78, 5) is 49.9. The summed E-state index contributed by atoms with van der Waals surface area (Å²) in [7, 11) is 0. The minimum absolute atomic E-state index is 0.0241. The Morgan fingerprint density at radius 3 is 2.35 bits per heavy atom. The van der Waals surface area contributed by atoms with E-state index in [0.29, 0.717) is 0 Å². The first-order chi connectivity index (χ1) is 10.8. The highest BCUT2D eigenvalue weighted by Gasteiger charge is 2.50. The van der Waals surface area contributed by atoms with Crippen LogP contribution < -0.4 is 11.2 Å². The van der Waals surface area contributed by atoms with Crippen molar-refractivity contribution in [2.75, 3.05) is 6.61 Å². The van der Waals surface area contributed by atoms with Crippen molar-refractivity contribution in [1.82, 2.24) is 9.97 Å². The highest BCUT2D eigenvalue weighted by Crippen LogP contribution is 2.35. The van der Waals surface area contributed by atoms with Gasteiger partial charge in [0.1, 0.15) is 12.2 Å². The lowest BCUT2D eigenvalue weighted by Crippen LogP contribution is -2.40. The third-order valence-corrected chi connectivity index (χ3v) is 3.25. The van der Waals surface area contributed by atoms with Gasteiger partial charge in [0.05, 0.1) is 12.2 Å². The van der Waals surface area contributed by atoms with Crippen LogP contribution in [0.2, 0.25) is 0 Å². The molecule has 23 heavy (non-hydrogen) atoms. The van der Waals surface area contributed by atoms with Gasteiger partial charge >= 0.3 is 17.6 Å². The van der Waals surface area contributed by atoms with Crippen LogP contribution in [-0.2, 0) is 23.8 Å². The molecule has 10 nitrogen and oxygen atoms in total. The average molecular weight is 328 g/mol. The van der Waals surface area contributed by atoms with E-state index in [4.69, 9.17) is 14.2 Å². The van der Waals surface area contributed by atoms with E-state index in [9.17, 15) is 24.3 Å². The Morgan fingerprint density at radius 1 is 1.22 bits per heavy atom. The van der Waals surface area contributed by atoms with E-state index in [1.165, 1.54) is 0 Å². The smallest absolute Gasteiger partial charge is 0.325 e. The average Bonchev–Trinajstić information content (AvgIpc) is 2.76. The molecule has 0 aliphatic carbocycles. The number of carbonyl (C=O) groups excluding carboxylic acids is 2. The molecule has 126 valence electrons. The summed E-state index contributed by atoms with van der Waals surface area (Å²) in [5.41, 5.74) is -1.48. The van der Waals surface area contributed by atoms with E-state index >= 15 is 0 Å². The van der Waals surface area contributed by atoms with Gasteiger partial charge in [-0.2, -0.15) is 0 Å². The molecular weight excluding hydrogens is 312 g/mol. The Bertz CT molecular complexity index is 708. The number of rotatable bonds is 4. The summed E-state index contributed by atoms with van der Waals surface area (Å²) in [6.45, 7) is 1.78. The van der Waals surface area contributed by atoms with Crippen LogP contribution in [0.5, 0.6) is 0 Å². The molecule has 0 bridgehead atoms. The summed E-state index contributed by atoms with van der Waals surface area (Å²) >= 11 is 0. The number of esters is 2. The van der Waals surface area contributed by atoms with E-state index in [2.05, 4.69) is 4.98 Å². The Kier molecular flexibility index (Phi) is 4.96. The maximum Gasteiger partial charge on any atom is 0.325 e. The highest BCUT2D eigenvalue weighted by molar-refractivity contribution is 5.67. The minimum Gasteiger partial charge on any atom is -0.456 e. The number of aliphatic hydroxyl groups is 1. The lowest BCUT2D eigenvalue weighted by atomic mass is 10.0. The van der Waals surface area contributed by atoms with Gasteiger partial charge in [-0.25, -0.2) is 4.79 Å². The van der Waals surface area contributed by atoms with E-state index in [-0.39, 0.29) is 5.56 Å². The summed E-state index contributed by atoms with van der Waals surface area (Å²) < 4.78 is 15.7. The maximum absolute atomic E-state index is 11.9. The summed E-state index contributed by atoms with van der Waals surface area (Å²) in [5.74, 6) is -1.34. The van der Waals surface area contributed by atoms with Crippen molar-refractivity contribution in [3.63, 3.8) is 0 Å². The van der Waals surface area contributed by atoms with Crippen molar-refractivity contribution in [1.29, 1.82) is 0 Å². The molecule has 1 aromatic rings. The van der Waals surface area contributed by atoms with E-state index in [0.717, 1.165) is 20.0 Å². The van der Waals surface area contributed by atoms with Gasteiger partial charge in [-0.15, -0.1) is 0 Å². The van der Waals surface area contributed by atoms with Crippen molar-refractivity contribution in [3.05, 3.63) is 32.6 Å². The van der Waals surface area contributed by atoms with Crippen LogP contribution in [0.25, 0.3) is 0 Å². The van der Waals surface area contributed by atoms with Gasteiger partial charge in [0, 0.05) is 20.0 Å². The lowest BCUT2D eigenvalue weighted by Gasteiger charge is -2.22. The van der Waals surface area contributed by atoms with Crippen LogP contribution >= 0.6 is 0 Å². The highest BCUT2D eigenvalue weighted by atomic mass is 16.6. The summed E-state index contributed by atoms with van der Waals surface area (Å²) in [6.07, 6.45) is -3.20. The van der Waals surface area contributed by atoms with Gasteiger partial charge in [-0.05, 0) is 0 Å². The van der Waals surface area contributed by atoms with E-state index in [1.807, 2.05) is 4.98 Å². The molecule has 0 unspecified atom stereocenters. The molecule has 0 amide bonds. The van der Waals surface area contributed by atoms with Crippen molar-refractivity contribution >= 4 is 11.9 Å². The normalized spacial score (nSPS) is 26.7. The molecule has 0 radical (unpaired) electrons. The zero-order valence-corrected chi connectivity index (χ0v) is 12.4. The first kappa shape index (κ1) is 16.9. The lowest BCUT2D eigenvalue weighted by molar-refractivity contribution is -0.164. The Balaban J connectivity index is 2.43. The number of aliphatic hydroxyl groups excluding tert-OH is 1. The predicted molar refractivity (Wildman–Crippen MR) is 73.5 cm³/mol. The Labute approximate surface area is 129 Å². The fraction of sp³-hybridized carbons (Fsp3) is 0.538. The molecule has 1 aromatic heterocycles. The molecule has 1 aliphatic rings. The number of aromatic nitrogens is 2. The number of hydrogen-bond acceptors (Lipinski definition) is 8. The van der Waals surface area contributed by atoms with Gasteiger partial charge in [-0.1, -0.05) is 0 Å². The van der Waals surface area contributed by atoms with Crippen molar-refractivity contribution < 1.29 is 28.9 Å². The molecule has 2 rings (SSSR count). The molecule has 1 fully saturated rings. The van der Waals surface area contributed by atoms with Crippen molar-refractivity contribution in [2.24, 2.45) is 0 Å². The predicted octanol–water partition coefficient (Wildman–Crippen LogP) is -1.64. The quantitative estimate of drug-likeness (QED) is 0.557. The van der Waals surface area contributed by atoms with Gasteiger partial charge < -0.3 is 24.3 Å². The SMILES string of the molecule is CC(=O)O[C@@H]1[C@H](OC(C)=O)[C@@H](CO)O[C@H]1c1c[nH]c(=O)[nH]c1=O. The second kappa shape index (κ2) is 6.75. The topological polar surface area (TPSA) is 148 Å². The molecule has 0 aromatic carbocycles. The van der Waals surface area contributed by atoms with Crippen LogP contribution in [-0.4, -0.2) is 51.9 Å². The summed E-state index contributed by atoms with van der Waals surface area (Å²) in [6, 6.07) is 0. The van der Waals surface area contributed by atoms with Crippen LogP contribution in [0.3, 0.4) is 0 Å². The molecular formula is C13H16N2O8. The molecule has 3 N–H and O–H groups in total. The number of ether oxygens (including phenoxy) is 3. The minimum atomic E-state index is -1.14. The van der Waals surface area contributed by atoms with E-state index in [1.54, 1.807) is 0 Å². The molecule has 0 spiro atoms. The van der Waals surface area contributed by atoms with Crippen LogP contribution in [0.15, 0.2) is 15.8 Å². The van der Waals surface area contributed by atoms with E-state index < -0.39 is 54.2 Å². The van der Waals surface area contributed by atoms with Crippen molar-refractivity contribution in [3.8, 4) is 0 Å². The second-order valence-electron chi connectivity index (χ2n) is 4.95. The number of nitrogens with one attached hydrogen (secondary N) is 2. The second-order valence-corrected chi connectivity index (χ2v) is 4.95. The Morgan fingerprint density at radius 2 is 1.83 bits per heavy atom. The zero-order chi connectivity index (χ0) is 17.1. The molecule has 10 heteroatoms. The fourth-order valence-corrected chi connectivity index (χ4v) is 2.41. The first-order valence-corrected chi connectivity index (χ1v) is 6.76. The molecule has 2 heterocycles. The van der Waals surface area contributed by atoms with Gasteiger partial charge in [-0.3, -0.25) is 19.4 Å². The van der Waals surface area contributed by atoms with Crippen LogP contribution in [0.4, 0.5) is 0 Å². The van der Waals surface area contributed by atoms with Gasteiger partial charge in [0.25, 0.3) is 5.56 Å². The van der Waals surface area contributed by atoms with Gasteiger partial charge in [0.2, 0.25) is 0 Å². The number of H-pyrrole nitrogens is 2. The third kappa shape index (κ3) is 3.66. The zero-order valence-electron chi connectivity index (χ0n) is 12.4.